The van der Waals surface area contributed by atoms with Gasteiger partial charge in [0.05, 0.1) is 0 Å². The third-order valence-electron chi connectivity index (χ3n) is 1.29. The molecule has 7 N–H and O–H groups in total. The molecule has 0 atom stereocenters. The zero-order chi connectivity index (χ0) is 8.43. The maximum absolute atomic E-state index is 7.10. The zero-order valence-electron chi connectivity index (χ0n) is 5.96. The van der Waals surface area contributed by atoms with E-state index in [0.717, 1.165) is 0 Å². The van der Waals surface area contributed by atoms with E-state index in [2.05, 4.69) is 0 Å². The van der Waals surface area contributed by atoms with E-state index in [9.17, 15) is 0 Å². The quantitative estimate of drug-likeness (QED) is 0.260. The van der Waals surface area contributed by atoms with Gasteiger partial charge in [0.1, 0.15) is 5.84 Å². The Balaban J connectivity index is 3.19. The van der Waals surface area contributed by atoms with Crippen molar-refractivity contribution in [3.63, 3.8) is 0 Å². The average Bonchev–Trinajstić information content (AvgIpc) is 1.85. The van der Waals surface area contributed by atoms with E-state index < -0.39 is 0 Å². The molecule has 1 aromatic rings. The van der Waals surface area contributed by atoms with E-state index in [4.69, 9.17) is 22.6 Å². The summed E-state index contributed by atoms with van der Waals surface area (Å²) in [6.45, 7) is 0. The van der Waals surface area contributed by atoms with Crippen molar-refractivity contribution >= 4 is 17.2 Å². The van der Waals surface area contributed by atoms with Gasteiger partial charge in [-0.15, -0.1) is 0 Å². The van der Waals surface area contributed by atoms with Crippen molar-refractivity contribution in [3.8, 4) is 0 Å². The second-order valence-electron chi connectivity index (χ2n) is 2.30. The number of benzene rings is 1. The highest BCUT2D eigenvalue weighted by Crippen LogP contribution is 2.12. The van der Waals surface area contributed by atoms with Crippen molar-refractivity contribution in [3.05, 3.63) is 23.8 Å². The summed E-state index contributed by atoms with van der Waals surface area (Å²) in [5.41, 5.74) is 17.8. The highest BCUT2D eigenvalue weighted by atomic mass is 14.7. The maximum atomic E-state index is 7.10. The molecule has 0 aliphatic rings. The molecule has 1 rings (SSSR count). The van der Waals surface area contributed by atoms with Crippen LogP contribution in [0, 0.1) is 5.41 Å². The molecular formula is C7H10N4. The molecule has 0 fully saturated rings. The molecule has 11 heavy (non-hydrogen) atoms. The van der Waals surface area contributed by atoms with Crippen molar-refractivity contribution in [2.75, 3.05) is 11.5 Å². The van der Waals surface area contributed by atoms with Gasteiger partial charge in [-0.2, -0.15) is 0 Å². The van der Waals surface area contributed by atoms with Crippen LogP contribution < -0.4 is 17.2 Å². The summed E-state index contributed by atoms with van der Waals surface area (Å²) in [6, 6.07) is 4.84. The topological polar surface area (TPSA) is 102 Å². The second-order valence-corrected chi connectivity index (χ2v) is 2.30. The Labute approximate surface area is 64.5 Å². The Morgan fingerprint density at radius 1 is 1.09 bits per heavy atom. The standard InChI is InChI=1S/C7H10N4/c8-5-1-4(7(10)11)2-6(9)3-5/h1-3H,8-9H2,(H3,10,11). The van der Waals surface area contributed by atoms with Crippen molar-refractivity contribution < 1.29 is 0 Å². The lowest BCUT2D eigenvalue weighted by molar-refractivity contribution is 1.42. The molecule has 0 saturated heterocycles. The monoisotopic (exact) mass is 150 g/mol. The Bertz CT molecular complexity index is 272. The minimum absolute atomic E-state index is 0.0241. The number of nitrogens with one attached hydrogen (secondary N) is 1. The SMILES string of the molecule is N=C(N)c1cc(N)cc(N)c1. The van der Waals surface area contributed by atoms with Gasteiger partial charge in [-0.25, -0.2) is 0 Å². The number of anilines is 2. The van der Waals surface area contributed by atoms with E-state index in [1.807, 2.05) is 0 Å². The molecule has 4 nitrogen and oxygen atoms in total. The molecular weight excluding hydrogens is 140 g/mol. The normalized spacial score (nSPS) is 9.45. The summed E-state index contributed by atoms with van der Waals surface area (Å²) < 4.78 is 0. The minimum atomic E-state index is -0.0241. The number of rotatable bonds is 1. The van der Waals surface area contributed by atoms with E-state index >= 15 is 0 Å². The highest BCUT2D eigenvalue weighted by Gasteiger charge is 1.97. The van der Waals surface area contributed by atoms with Crippen LogP contribution in [0.1, 0.15) is 5.56 Å². The van der Waals surface area contributed by atoms with Gasteiger partial charge < -0.3 is 17.2 Å². The smallest absolute Gasteiger partial charge is 0.122 e. The zero-order valence-corrected chi connectivity index (χ0v) is 5.96. The molecule has 1 aromatic carbocycles. The van der Waals surface area contributed by atoms with E-state index in [-0.39, 0.29) is 5.84 Å². The molecule has 58 valence electrons. The fourth-order valence-corrected chi connectivity index (χ4v) is 0.832. The molecule has 0 aliphatic carbocycles. The van der Waals surface area contributed by atoms with Crippen LogP contribution in [0.3, 0.4) is 0 Å². The summed E-state index contributed by atoms with van der Waals surface area (Å²) in [5, 5.41) is 7.10. The second kappa shape index (κ2) is 2.49. The van der Waals surface area contributed by atoms with Crippen molar-refractivity contribution in [1.29, 1.82) is 5.41 Å². The van der Waals surface area contributed by atoms with Gasteiger partial charge in [-0.05, 0) is 18.2 Å². The number of hydrogen-bond donors (Lipinski definition) is 4. The summed E-state index contributed by atoms with van der Waals surface area (Å²) in [7, 11) is 0. The van der Waals surface area contributed by atoms with E-state index in [1.54, 1.807) is 18.2 Å². The first-order valence-electron chi connectivity index (χ1n) is 3.10. The predicted molar refractivity (Wildman–Crippen MR) is 46.3 cm³/mol. The molecule has 0 spiro atoms. The van der Waals surface area contributed by atoms with Crippen LogP contribution in [0.25, 0.3) is 0 Å². The van der Waals surface area contributed by atoms with Gasteiger partial charge in [0.15, 0.2) is 0 Å². The Morgan fingerprint density at radius 3 is 1.91 bits per heavy atom. The van der Waals surface area contributed by atoms with Crippen LogP contribution in [0.2, 0.25) is 0 Å². The van der Waals surface area contributed by atoms with Gasteiger partial charge in [-0.1, -0.05) is 0 Å². The van der Waals surface area contributed by atoms with Crippen LogP contribution in [0.5, 0.6) is 0 Å². The van der Waals surface area contributed by atoms with Crippen LogP contribution in [-0.4, -0.2) is 5.84 Å². The summed E-state index contributed by atoms with van der Waals surface area (Å²) in [6.07, 6.45) is 0. The predicted octanol–water partition coefficient (Wildman–Crippen LogP) is 0.135. The fraction of sp³-hybridized carbons (Fsp3) is 0. The largest absolute Gasteiger partial charge is 0.399 e. The van der Waals surface area contributed by atoms with Crippen molar-refractivity contribution in [2.45, 2.75) is 0 Å². The van der Waals surface area contributed by atoms with Gasteiger partial charge in [0.25, 0.3) is 0 Å². The van der Waals surface area contributed by atoms with Crippen LogP contribution >= 0.6 is 0 Å². The molecule has 0 unspecified atom stereocenters. The van der Waals surface area contributed by atoms with E-state index in [0.29, 0.717) is 16.9 Å². The lowest BCUT2D eigenvalue weighted by atomic mass is 10.1. The number of amidine groups is 1. The summed E-state index contributed by atoms with van der Waals surface area (Å²) in [5.74, 6) is -0.0241. The molecule has 0 saturated carbocycles. The molecule has 0 radical (unpaired) electrons. The first kappa shape index (κ1) is 7.40. The number of hydrogen-bond acceptors (Lipinski definition) is 3. The molecule has 0 bridgehead atoms. The first-order valence-corrected chi connectivity index (χ1v) is 3.10. The fourth-order valence-electron chi connectivity index (χ4n) is 0.832. The van der Waals surface area contributed by atoms with Crippen molar-refractivity contribution in [1.82, 2.24) is 0 Å². The van der Waals surface area contributed by atoms with Gasteiger partial charge in [-0.3, -0.25) is 5.41 Å². The Morgan fingerprint density at radius 2 is 1.55 bits per heavy atom. The lowest BCUT2D eigenvalue weighted by Crippen LogP contribution is -2.11. The number of nitrogen functional groups attached to an aromatic ring is 3. The Hall–Kier alpha value is -1.71. The third kappa shape index (κ3) is 1.61. The molecule has 0 aromatic heterocycles. The lowest BCUT2D eigenvalue weighted by Gasteiger charge is -2.01. The maximum Gasteiger partial charge on any atom is 0.122 e. The Kier molecular flexibility index (Phi) is 1.68. The highest BCUT2D eigenvalue weighted by molar-refractivity contribution is 5.96. The number of nitrogens with two attached hydrogens (primary N) is 3. The van der Waals surface area contributed by atoms with Crippen LogP contribution in [-0.2, 0) is 0 Å². The third-order valence-corrected chi connectivity index (χ3v) is 1.29. The molecule has 0 amide bonds. The molecule has 4 heteroatoms. The van der Waals surface area contributed by atoms with E-state index in [1.165, 1.54) is 0 Å². The van der Waals surface area contributed by atoms with Crippen LogP contribution in [0.15, 0.2) is 18.2 Å². The first-order chi connectivity index (χ1) is 5.09. The molecule has 0 aliphatic heterocycles. The van der Waals surface area contributed by atoms with Crippen molar-refractivity contribution in [2.24, 2.45) is 5.73 Å². The van der Waals surface area contributed by atoms with Gasteiger partial charge >= 0.3 is 0 Å². The molecule has 0 heterocycles. The summed E-state index contributed by atoms with van der Waals surface area (Å²) >= 11 is 0. The summed E-state index contributed by atoms with van der Waals surface area (Å²) in [4.78, 5) is 0. The van der Waals surface area contributed by atoms with Crippen LogP contribution in [0.4, 0.5) is 11.4 Å². The minimum Gasteiger partial charge on any atom is -0.399 e. The van der Waals surface area contributed by atoms with Gasteiger partial charge in [0.2, 0.25) is 0 Å². The van der Waals surface area contributed by atoms with Gasteiger partial charge in [0, 0.05) is 16.9 Å². The average molecular weight is 150 g/mol.